The summed E-state index contributed by atoms with van der Waals surface area (Å²) in [5.74, 6) is 0.726. The first-order chi connectivity index (χ1) is 9.72. The van der Waals surface area contributed by atoms with E-state index in [9.17, 15) is 0 Å². The van der Waals surface area contributed by atoms with Gasteiger partial charge in [0.05, 0.1) is 17.7 Å². The molecule has 1 fully saturated rings. The first-order valence-electron chi connectivity index (χ1n) is 7.30. The summed E-state index contributed by atoms with van der Waals surface area (Å²) in [4.78, 5) is 6.86. The molecule has 1 saturated heterocycles. The quantitative estimate of drug-likeness (QED) is 0.861. The van der Waals surface area contributed by atoms with Crippen LogP contribution in [-0.2, 0) is 11.3 Å². The van der Waals surface area contributed by atoms with Crippen LogP contribution >= 0.6 is 0 Å². The average molecular weight is 289 g/mol. The van der Waals surface area contributed by atoms with Gasteiger partial charge in [-0.05, 0) is 45.9 Å². The Morgan fingerprint density at radius 2 is 1.86 bits per heavy atom. The second kappa shape index (κ2) is 4.71. The Kier molecular flexibility index (Phi) is 3.22. The summed E-state index contributed by atoms with van der Waals surface area (Å²) >= 11 is 0. The summed E-state index contributed by atoms with van der Waals surface area (Å²) in [6.07, 6.45) is 0. The summed E-state index contributed by atoms with van der Waals surface area (Å²) in [6.45, 7) is 10.9. The minimum Gasteiger partial charge on any atom is -0.439 e. The Hall–Kier alpha value is -1.59. The number of nitrogens with zero attached hydrogens (tertiary/aromatic N) is 2. The summed E-state index contributed by atoms with van der Waals surface area (Å²) in [5, 5.41) is 0. The Morgan fingerprint density at radius 1 is 1.19 bits per heavy atom. The highest BCUT2D eigenvalue weighted by Crippen LogP contribution is 2.29. The Balaban J connectivity index is 1.81. The molecule has 2 aromatic rings. The average Bonchev–Trinajstić information content (AvgIpc) is 2.65. The van der Waals surface area contributed by atoms with Gasteiger partial charge >= 0.3 is 0 Å². The van der Waals surface area contributed by atoms with Crippen LogP contribution in [0.15, 0.2) is 22.6 Å². The Morgan fingerprint density at radius 3 is 2.52 bits per heavy atom. The molecule has 2 N–H and O–H groups in total. The SMILES string of the molecule is CC1(C)CN(Cc2nc3cc(N)ccc3o2)CC(C)(C)O1. The lowest BCUT2D eigenvalue weighted by Crippen LogP contribution is -2.56. The molecule has 1 aromatic carbocycles. The summed E-state index contributed by atoms with van der Waals surface area (Å²) in [7, 11) is 0. The van der Waals surface area contributed by atoms with Crippen molar-refractivity contribution in [1.29, 1.82) is 0 Å². The van der Waals surface area contributed by atoms with Crippen LogP contribution in [0.4, 0.5) is 5.69 Å². The maximum absolute atomic E-state index is 6.09. The lowest BCUT2D eigenvalue weighted by molar-refractivity contribution is -0.182. The highest BCUT2D eigenvalue weighted by Gasteiger charge is 2.38. The van der Waals surface area contributed by atoms with Crippen molar-refractivity contribution in [2.75, 3.05) is 18.8 Å². The second-order valence-electron chi connectivity index (χ2n) is 7.10. The lowest BCUT2D eigenvalue weighted by atomic mass is 9.99. The van der Waals surface area contributed by atoms with Crippen molar-refractivity contribution < 1.29 is 9.15 Å². The molecule has 114 valence electrons. The molecular formula is C16H23N3O2. The van der Waals surface area contributed by atoms with Gasteiger partial charge in [0.15, 0.2) is 5.58 Å². The number of oxazole rings is 1. The zero-order chi connectivity index (χ0) is 15.3. The van der Waals surface area contributed by atoms with E-state index in [-0.39, 0.29) is 11.2 Å². The predicted octanol–water partition coefficient (Wildman–Crippen LogP) is 2.80. The number of morpholine rings is 1. The third-order valence-corrected chi connectivity index (χ3v) is 3.58. The molecule has 0 unspecified atom stereocenters. The molecule has 1 aliphatic rings. The maximum Gasteiger partial charge on any atom is 0.209 e. The summed E-state index contributed by atoms with van der Waals surface area (Å²) in [6, 6.07) is 5.54. The minimum absolute atomic E-state index is 0.168. The maximum atomic E-state index is 6.09. The van der Waals surface area contributed by atoms with Crippen LogP contribution in [0, 0.1) is 0 Å². The number of fused-ring (bicyclic) bond motifs is 1. The van der Waals surface area contributed by atoms with Gasteiger partial charge in [0.25, 0.3) is 0 Å². The summed E-state index contributed by atoms with van der Waals surface area (Å²) in [5.41, 5.74) is 7.75. The molecule has 0 amide bonds. The standard InChI is InChI=1S/C16H23N3O2/c1-15(2)9-19(10-16(3,4)21-15)8-14-18-12-7-11(17)5-6-13(12)20-14/h5-7H,8-10,17H2,1-4H3. The second-order valence-corrected chi connectivity index (χ2v) is 7.10. The van der Waals surface area contributed by atoms with Gasteiger partial charge in [-0.2, -0.15) is 0 Å². The fraction of sp³-hybridized carbons (Fsp3) is 0.562. The molecule has 0 radical (unpaired) electrons. The number of hydrogen-bond acceptors (Lipinski definition) is 5. The molecule has 0 aliphatic carbocycles. The van der Waals surface area contributed by atoms with Crippen LogP contribution in [0.3, 0.4) is 0 Å². The number of hydrogen-bond donors (Lipinski definition) is 1. The highest BCUT2D eigenvalue weighted by atomic mass is 16.5. The number of benzene rings is 1. The van der Waals surface area contributed by atoms with Crippen molar-refractivity contribution in [3.8, 4) is 0 Å². The first-order valence-corrected chi connectivity index (χ1v) is 7.30. The van der Waals surface area contributed by atoms with Crippen LogP contribution < -0.4 is 5.73 Å². The van der Waals surface area contributed by atoms with Crippen molar-refractivity contribution >= 4 is 16.8 Å². The number of anilines is 1. The molecular weight excluding hydrogens is 266 g/mol. The van der Waals surface area contributed by atoms with Crippen molar-refractivity contribution in [2.24, 2.45) is 0 Å². The largest absolute Gasteiger partial charge is 0.439 e. The van der Waals surface area contributed by atoms with Gasteiger partial charge in [-0.15, -0.1) is 0 Å². The number of nitrogens with two attached hydrogens (primary N) is 1. The van der Waals surface area contributed by atoms with Crippen molar-refractivity contribution in [3.63, 3.8) is 0 Å². The van der Waals surface area contributed by atoms with Gasteiger partial charge < -0.3 is 14.9 Å². The lowest BCUT2D eigenvalue weighted by Gasteiger charge is -2.46. The van der Waals surface area contributed by atoms with Crippen LogP contribution in [0.2, 0.25) is 0 Å². The van der Waals surface area contributed by atoms with Crippen molar-refractivity contribution in [3.05, 3.63) is 24.1 Å². The molecule has 5 nitrogen and oxygen atoms in total. The highest BCUT2D eigenvalue weighted by molar-refractivity contribution is 5.76. The number of nitrogen functional groups attached to an aromatic ring is 1. The van der Waals surface area contributed by atoms with Gasteiger partial charge in [-0.1, -0.05) is 0 Å². The van der Waals surface area contributed by atoms with Crippen LogP contribution in [0.1, 0.15) is 33.6 Å². The van der Waals surface area contributed by atoms with Gasteiger partial charge in [0, 0.05) is 18.8 Å². The molecule has 0 bridgehead atoms. The van der Waals surface area contributed by atoms with Crippen molar-refractivity contribution in [1.82, 2.24) is 9.88 Å². The van der Waals surface area contributed by atoms with Crippen molar-refractivity contribution in [2.45, 2.75) is 45.4 Å². The molecule has 0 spiro atoms. The fourth-order valence-corrected chi connectivity index (χ4v) is 3.31. The molecule has 1 aromatic heterocycles. The third-order valence-electron chi connectivity index (χ3n) is 3.58. The minimum atomic E-state index is -0.168. The van der Waals surface area contributed by atoms with E-state index >= 15 is 0 Å². The Labute approximate surface area is 125 Å². The van der Waals surface area contributed by atoms with E-state index in [1.165, 1.54) is 0 Å². The molecule has 1 aliphatic heterocycles. The number of ether oxygens (including phenoxy) is 1. The van der Waals surface area contributed by atoms with Gasteiger partial charge in [0.1, 0.15) is 5.52 Å². The van der Waals surface area contributed by atoms with Gasteiger partial charge in [-0.3, -0.25) is 4.90 Å². The number of aromatic nitrogens is 1. The Bertz CT molecular complexity index is 645. The monoisotopic (exact) mass is 289 g/mol. The summed E-state index contributed by atoms with van der Waals surface area (Å²) < 4.78 is 11.9. The molecule has 2 heterocycles. The van der Waals surface area contributed by atoms with E-state index in [1.54, 1.807) is 0 Å². The van der Waals surface area contributed by atoms with E-state index in [0.717, 1.165) is 30.1 Å². The van der Waals surface area contributed by atoms with E-state index < -0.39 is 0 Å². The first kappa shape index (κ1) is 14.4. The van der Waals surface area contributed by atoms with Crippen LogP contribution in [0.25, 0.3) is 11.1 Å². The molecule has 5 heteroatoms. The van der Waals surface area contributed by atoms with Crippen LogP contribution in [-0.4, -0.2) is 34.2 Å². The third kappa shape index (κ3) is 3.19. The fourth-order valence-electron chi connectivity index (χ4n) is 3.31. The zero-order valence-electron chi connectivity index (χ0n) is 13.1. The van der Waals surface area contributed by atoms with E-state index in [4.69, 9.17) is 14.9 Å². The molecule has 3 rings (SSSR count). The van der Waals surface area contributed by atoms with Crippen LogP contribution in [0.5, 0.6) is 0 Å². The van der Waals surface area contributed by atoms with Gasteiger partial charge in [0.2, 0.25) is 5.89 Å². The smallest absolute Gasteiger partial charge is 0.209 e. The van der Waals surface area contributed by atoms with E-state index in [0.29, 0.717) is 12.2 Å². The molecule has 0 saturated carbocycles. The van der Waals surface area contributed by atoms with E-state index in [2.05, 4.69) is 37.6 Å². The molecule has 21 heavy (non-hydrogen) atoms. The topological polar surface area (TPSA) is 64.5 Å². The predicted molar refractivity (Wildman–Crippen MR) is 82.9 cm³/mol. The normalized spacial score (nSPS) is 21.7. The molecule has 0 atom stereocenters. The van der Waals surface area contributed by atoms with Gasteiger partial charge in [-0.25, -0.2) is 4.98 Å². The number of rotatable bonds is 2. The zero-order valence-corrected chi connectivity index (χ0v) is 13.1. The van der Waals surface area contributed by atoms with E-state index in [1.807, 2.05) is 18.2 Å².